The largest absolute Gasteiger partial charge is 0.397 e. The number of pyridine rings is 1. The molecular formula is C12H12BrN3. The normalized spacial score (nSPS) is 10.1. The lowest BCUT2D eigenvalue weighted by molar-refractivity contribution is 1.18. The number of nitrogens with two attached hydrogens (primary N) is 1. The van der Waals surface area contributed by atoms with Crippen molar-refractivity contribution in [2.75, 3.05) is 11.1 Å². The summed E-state index contributed by atoms with van der Waals surface area (Å²) in [6, 6.07) is 11.5. The number of hydrogen-bond acceptors (Lipinski definition) is 3. The number of nitrogens with zero attached hydrogens (tertiary/aromatic N) is 1. The van der Waals surface area contributed by atoms with E-state index >= 15 is 0 Å². The van der Waals surface area contributed by atoms with E-state index in [1.807, 2.05) is 43.3 Å². The number of para-hydroxylation sites is 2. The van der Waals surface area contributed by atoms with Gasteiger partial charge in [-0.1, -0.05) is 12.1 Å². The Kier molecular flexibility index (Phi) is 3.10. The highest BCUT2D eigenvalue weighted by molar-refractivity contribution is 9.10. The molecule has 3 N–H and O–H groups in total. The second-order valence-electron chi connectivity index (χ2n) is 3.48. The predicted octanol–water partition coefficient (Wildman–Crippen LogP) is 3.48. The van der Waals surface area contributed by atoms with Crippen LogP contribution in [0.4, 0.5) is 17.2 Å². The van der Waals surface area contributed by atoms with E-state index in [4.69, 9.17) is 5.73 Å². The van der Waals surface area contributed by atoms with E-state index in [0.29, 0.717) is 5.69 Å². The molecule has 1 aromatic heterocycles. The Morgan fingerprint density at radius 1 is 1.19 bits per heavy atom. The molecule has 0 unspecified atom stereocenters. The van der Waals surface area contributed by atoms with Gasteiger partial charge in [-0.15, -0.1) is 0 Å². The quantitative estimate of drug-likeness (QED) is 0.827. The molecule has 16 heavy (non-hydrogen) atoms. The van der Waals surface area contributed by atoms with Crippen LogP contribution in [0.15, 0.2) is 40.9 Å². The number of halogens is 1. The van der Waals surface area contributed by atoms with E-state index in [2.05, 4.69) is 26.2 Å². The van der Waals surface area contributed by atoms with Gasteiger partial charge in [-0.3, -0.25) is 0 Å². The van der Waals surface area contributed by atoms with Crippen molar-refractivity contribution in [3.05, 3.63) is 46.6 Å². The van der Waals surface area contributed by atoms with Crippen LogP contribution in [0.1, 0.15) is 5.69 Å². The summed E-state index contributed by atoms with van der Waals surface area (Å²) in [4.78, 5) is 4.40. The summed E-state index contributed by atoms with van der Waals surface area (Å²) < 4.78 is 0.999. The second-order valence-corrected chi connectivity index (χ2v) is 4.33. The van der Waals surface area contributed by atoms with Crippen LogP contribution >= 0.6 is 15.9 Å². The van der Waals surface area contributed by atoms with Gasteiger partial charge in [0.1, 0.15) is 5.82 Å². The Hall–Kier alpha value is -1.55. The zero-order valence-corrected chi connectivity index (χ0v) is 10.5. The van der Waals surface area contributed by atoms with Crippen LogP contribution in [0.25, 0.3) is 0 Å². The topological polar surface area (TPSA) is 50.9 Å². The number of aromatic nitrogens is 1. The first-order chi connectivity index (χ1) is 7.66. The van der Waals surface area contributed by atoms with Crippen LogP contribution in [0.5, 0.6) is 0 Å². The van der Waals surface area contributed by atoms with Crippen LogP contribution in [-0.4, -0.2) is 4.98 Å². The van der Waals surface area contributed by atoms with Gasteiger partial charge < -0.3 is 11.1 Å². The van der Waals surface area contributed by atoms with Crippen molar-refractivity contribution in [2.45, 2.75) is 6.92 Å². The average Bonchev–Trinajstić information content (AvgIpc) is 2.27. The number of nitrogen functional groups attached to an aromatic ring is 1. The molecule has 0 aliphatic heterocycles. The maximum Gasteiger partial charge on any atom is 0.130 e. The summed E-state index contributed by atoms with van der Waals surface area (Å²) >= 11 is 3.41. The van der Waals surface area contributed by atoms with E-state index in [0.717, 1.165) is 21.7 Å². The number of rotatable bonds is 2. The molecule has 0 aliphatic rings. The minimum Gasteiger partial charge on any atom is -0.397 e. The molecule has 0 fully saturated rings. The lowest BCUT2D eigenvalue weighted by atomic mass is 10.2. The molecule has 0 atom stereocenters. The summed E-state index contributed by atoms with van der Waals surface area (Å²) in [5.74, 6) is 0.790. The molecule has 1 heterocycles. The molecular weight excluding hydrogens is 266 g/mol. The Bertz CT molecular complexity index is 511. The minimum atomic E-state index is 0.713. The molecule has 82 valence electrons. The van der Waals surface area contributed by atoms with E-state index in [-0.39, 0.29) is 0 Å². The van der Waals surface area contributed by atoms with Gasteiger partial charge in [0.05, 0.1) is 17.1 Å². The highest BCUT2D eigenvalue weighted by atomic mass is 79.9. The molecule has 2 rings (SSSR count). The summed E-state index contributed by atoms with van der Waals surface area (Å²) in [6.45, 7) is 1.95. The zero-order chi connectivity index (χ0) is 11.5. The number of nitrogens with one attached hydrogen (secondary N) is 1. The average molecular weight is 278 g/mol. The van der Waals surface area contributed by atoms with Crippen LogP contribution in [0.3, 0.4) is 0 Å². The molecule has 0 radical (unpaired) electrons. The molecule has 0 saturated heterocycles. The third kappa shape index (κ3) is 2.33. The summed E-state index contributed by atoms with van der Waals surface area (Å²) in [5.41, 5.74) is 8.37. The monoisotopic (exact) mass is 277 g/mol. The molecule has 0 amide bonds. The van der Waals surface area contributed by atoms with Crippen LogP contribution in [0, 0.1) is 6.92 Å². The van der Waals surface area contributed by atoms with Crippen LogP contribution in [-0.2, 0) is 0 Å². The SMILES string of the molecule is Cc1nc(Nc2ccccc2N)ccc1Br. The van der Waals surface area contributed by atoms with Gasteiger partial charge in [0, 0.05) is 4.47 Å². The summed E-state index contributed by atoms with van der Waals surface area (Å²) in [5, 5.41) is 3.18. The van der Waals surface area contributed by atoms with Gasteiger partial charge in [0.2, 0.25) is 0 Å². The number of hydrogen-bond donors (Lipinski definition) is 2. The third-order valence-corrected chi connectivity index (χ3v) is 3.08. The van der Waals surface area contributed by atoms with Gasteiger partial charge in [-0.05, 0) is 47.1 Å². The Morgan fingerprint density at radius 2 is 1.94 bits per heavy atom. The smallest absolute Gasteiger partial charge is 0.130 e. The highest BCUT2D eigenvalue weighted by Crippen LogP contribution is 2.23. The first-order valence-electron chi connectivity index (χ1n) is 4.91. The molecule has 0 bridgehead atoms. The molecule has 0 spiro atoms. The number of anilines is 3. The van der Waals surface area contributed by atoms with Crippen molar-refractivity contribution in [1.82, 2.24) is 4.98 Å². The van der Waals surface area contributed by atoms with Crippen molar-refractivity contribution < 1.29 is 0 Å². The van der Waals surface area contributed by atoms with Crippen molar-refractivity contribution in [1.29, 1.82) is 0 Å². The van der Waals surface area contributed by atoms with Gasteiger partial charge >= 0.3 is 0 Å². The number of benzene rings is 1. The predicted molar refractivity (Wildman–Crippen MR) is 70.8 cm³/mol. The Labute approximate surface area is 103 Å². The van der Waals surface area contributed by atoms with Crippen molar-refractivity contribution in [2.24, 2.45) is 0 Å². The van der Waals surface area contributed by atoms with E-state index in [1.165, 1.54) is 0 Å². The van der Waals surface area contributed by atoms with Gasteiger partial charge in [0.25, 0.3) is 0 Å². The van der Waals surface area contributed by atoms with E-state index in [9.17, 15) is 0 Å². The van der Waals surface area contributed by atoms with Crippen molar-refractivity contribution >= 4 is 33.1 Å². The first kappa shape index (κ1) is 11.0. The molecule has 0 saturated carbocycles. The highest BCUT2D eigenvalue weighted by Gasteiger charge is 2.01. The fourth-order valence-electron chi connectivity index (χ4n) is 1.36. The molecule has 0 aliphatic carbocycles. The first-order valence-corrected chi connectivity index (χ1v) is 5.71. The van der Waals surface area contributed by atoms with Gasteiger partial charge in [0.15, 0.2) is 0 Å². The molecule has 2 aromatic rings. The zero-order valence-electron chi connectivity index (χ0n) is 8.87. The van der Waals surface area contributed by atoms with Crippen LogP contribution in [0.2, 0.25) is 0 Å². The number of aryl methyl sites for hydroxylation is 1. The van der Waals surface area contributed by atoms with E-state index < -0.39 is 0 Å². The van der Waals surface area contributed by atoms with Gasteiger partial charge in [-0.2, -0.15) is 0 Å². The van der Waals surface area contributed by atoms with Crippen molar-refractivity contribution in [3.63, 3.8) is 0 Å². The van der Waals surface area contributed by atoms with Crippen LogP contribution < -0.4 is 11.1 Å². The summed E-state index contributed by atoms with van der Waals surface area (Å²) in [7, 11) is 0. The maximum absolute atomic E-state index is 5.84. The maximum atomic E-state index is 5.84. The van der Waals surface area contributed by atoms with Gasteiger partial charge in [-0.25, -0.2) is 4.98 Å². The third-order valence-electron chi connectivity index (χ3n) is 2.24. The Morgan fingerprint density at radius 3 is 2.62 bits per heavy atom. The Balaban J connectivity index is 2.28. The lowest BCUT2D eigenvalue weighted by Gasteiger charge is -2.09. The fourth-order valence-corrected chi connectivity index (χ4v) is 1.58. The lowest BCUT2D eigenvalue weighted by Crippen LogP contribution is -1.98. The van der Waals surface area contributed by atoms with E-state index in [1.54, 1.807) is 0 Å². The molecule has 3 nitrogen and oxygen atoms in total. The fraction of sp³-hybridized carbons (Fsp3) is 0.0833. The van der Waals surface area contributed by atoms with Crippen molar-refractivity contribution in [3.8, 4) is 0 Å². The standard InChI is InChI=1S/C12H12BrN3/c1-8-9(13)6-7-12(15-8)16-11-5-3-2-4-10(11)14/h2-7H,14H2,1H3,(H,15,16). The molecule has 1 aromatic carbocycles. The molecule has 4 heteroatoms. The summed E-state index contributed by atoms with van der Waals surface area (Å²) in [6.07, 6.45) is 0. The second kappa shape index (κ2) is 4.53. The minimum absolute atomic E-state index is 0.713.